The van der Waals surface area contributed by atoms with Gasteiger partial charge < -0.3 is 5.32 Å². The highest BCUT2D eigenvalue weighted by Crippen LogP contribution is 2.32. The Kier molecular flexibility index (Phi) is 4.18. The van der Waals surface area contributed by atoms with Crippen molar-refractivity contribution < 1.29 is 4.79 Å². The van der Waals surface area contributed by atoms with Crippen LogP contribution in [0.25, 0.3) is 0 Å². The summed E-state index contributed by atoms with van der Waals surface area (Å²) in [7, 11) is 0. The lowest BCUT2D eigenvalue weighted by Crippen LogP contribution is -2.39. The number of likely N-dealkylation sites (tertiary alicyclic amines) is 1. The Morgan fingerprint density at radius 1 is 1.65 bits per heavy atom. The molecule has 1 aliphatic heterocycles. The van der Waals surface area contributed by atoms with E-state index in [2.05, 4.69) is 27.0 Å². The van der Waals surface area contributed by atoms with Crippen molar-refractivity contribution in [3.05, 3.63) is 22.4 Å². The molecule has 1 saturated heterocycles. The van der Waals surface area contributed by atoms with Gasteiger partial charge in [-0.2, -0.15) is 11.3 Å². The summed E-state index contributed by atoms with van der Waals surface area (Å²) in [5.41, 5.74) is 1.37. The molecule has 1 unspecified atom stereocenters. The van der Waals surface area contributed by atoms with E-state index in [4.69, 9.17) is 0 Å². The Balaban J connectivity index is 1.94. The standard InChI is InChI=1S/C13H20N2OS/c1-10(2)14-13(16)8-15-6-3-4-12(15)11-5-7-17-9-11/h5,7,9-10,12H,3-4,6,8H2,1-2H3,(H,14,16). The van der Waals surface area contributed by atoms with E-state index in [9.17, 15) is 4.79 Å². The fourth-order valence-corrected chi connectivity index (χ4v) is 3.12. The third-order valence-electron chi connectivity index (χ3n) is 3.09. The van der Waals surface area contributed by atoms with Gasteiger partial charge in [0.05, 0.1) is 6.54 Å². The van der Waals surface area contributed by atoms with Gasteiger partial charge in [-0.1, -0.05) is 0 Å². The van der Waals surface area contributed by atoms with Crippen LogP contribution in [0.4, 0.5) is 0 Å². The first kappa shape index (κ1) is 12.6. The molecular weight excluding hydrogens is 232 g/mol. The molecule has 1 N–H and O–H groups in total. The normalized spacial score (nSPS) is 21.0. The van der Waals surface area contributed by atoms with Crippen molar-refractivity contribution in [2.75, 3.05) is 13.1 Å². The number of nitrogens with zero attached hydrogens (tertiary/aromatic N) is 1. The third kappa shape index (κ3) is 3.30. The quantitative estimate of drug-likeness (QED) is 0.892. The maximum absolute atomic E-state index is 11.8. The van der Waals surface area contributed by atoms with E-state index in [0.29, 0.717) is 12.6 Å². The second-order valence-corrected chi connectivity index (χ2v) is 5.69. The van der Waals surface area contributed by atoms with Gasteiger partial charge >= 0.3 is 0 Å². The van der Waals surface area contributed by atoms with Crippen LogP contribution >= 0.6 is 11.3 Å². The van der Waals surface area contributed by atoms with Crippen LogP contribution in [0.3, 0.4) is 0 Å². The fourth-order valence-electron chi connectivity index (χ4n) is 2.41. The van der Waals surface area contributed by atoms with Crippen molar-refractivity contribution in [2.45, 2.75) is 38.8 Å². The average molecular weight is 252 g/mol. The summed E-state index contributed by atoms with van der Waals surface area (Å²) < 4.78 is 0. The lowest BCUT2D eigenvalue weighted by atomic mass is 10.1. The maximum atomic E-state index is 11.8. The highest BCUT2D eigenvalue weighted by molar-refractivity contribution is 7.07. The van der Waals surface area contributed by atoms with Crippen molar-refractivity contribution in [1.29, 1.82) is 0 Å². The third-order valence-corrected chi connectivity index (χ3v) is 3.79. The molecule has 0 bridgehead atoms. The molecule has 2 heterocycles. The minimum absolute atomic E-state index is 0.141. The van der Waals surface area contributed by atoms with E-state index in [0.717, 1.165) is 6.54 Å². The monoisotopic (exact) mass is 252 g/mol. The average Bonchev–Trinajstić information content (AvgIpc) is 2.84. The van der Waals surface area contributed by atoms with Crippen LogP contribution in [0.5, 0.6) is 0 Å². The van der Waals surface area contributed by atoms with Crippen LogP contribution < -0.4 is 5.32 Å². The first-order valence-electron chi connectivity index (χ1n) is 6.22. The molecule has 1 aromatic heterocycles. The van der Waals surface area contributed by atoms with Gasteiger partial charge in [0.15, 0.2) is 0 Å². The molecule has 1 fully saturated rings. The van der Waals surface area contributed by atoms with Gasteiger partial charge in [-0.3, -0.25) is 9.69 Å². The molecule has 1 amide bonds. The number of hydrogen-bond donors (Lipinski definition) is 1. The van der Waals surface area contributed by atoms with Gasteiger partial charge in [-0.05, 0) is 55.6 Å². The first-order valence-corrected chi connectivity index (χ1v) is 7.16. The molecule has 0 saturated carbocycles. The predicted octanol–water partition coefficient (Wildman–Crippen LogP) is 2.41. The van der Waals surface area contributed by atoms with Crippen LogP contribution in [-0.4, -0.2) is 29.9 Å². The van der Waals surface area contributed by atoms with Crippen molar-refractivity contribution in [3.63, 3.8) is 0 Å². The minimum Gasteiger partial charge on any atom is -0.353 e. The Morgan fingerprint density at radius 3 is 3.12 bits per heavy atom. The minimum atomic E-state index is 0.141. The summed E-state index contributed by atoms with van der Waals surface area (Å²) in [6.07, 6.45) is 2.36. The van der Waals surface area contributed by atoms with E-state index in [1.807, 2.05) is 13.8 Å². The van der Waals surface area contributed by atoms with E-state index in [-0.39, 0.29) is 11.9 Å². The number of nitrogens with one attached hydrogen (secondary N) is 1. The van der Waals surface area contributed by atoms with Crippen molar-refractivity contribution in [2.24, 2.45) is 0 Å². The van der Waals surface area contributed by atoms with Gasteiger partial charge in [0.1, 0.15) is 0 Å². The van der Waals surface area contributed by atoms with Crippen LogP contribution in [0.2, 0.25) is 0 Å². The molecule has 94 valence electrons. The van der Waals surface area contributed by atoms with Gasteiger partial charge in [-0.15, -0.1) is 0 Å². The lowest BCUT2D eigenvalue weighted by Gasteiger charge is -2.23. The topological polar surface area (TPSA) is 32.3 Å². The molecule has 0 aromatic carbocycles. The second-order valence-electron chi connectivity index (χ2n) is 4.91. The van der Waals surface area contributed by atoms with E-state index in [1.165, 1.54) is 18.4 Å². The number of amides is 1. The number of thiophene rings is 1. The predicted molar refractivity (Wildman–Crippen MR) is 71.1 cm³/mol. The summed E-state index contributed by atoms with van der Waals surface area (Å²) in [5, 5.41) is 7.27. The molecule has 0 spiro atoms. The van der Waals surface area contributed by atoms with Crippen LogP contribution in [0.1, 0.15) is 38.3 Å². The molecule has 3 nitrogen and oxygen atoms in total. The van der Waals surface area contributed by atoms with Crippen molar-refractivity contribution in [3.8, 4) is 0 Å². The van der Waals surface area contributed by atoms with Crippen LogP contribution in [-0.2, 0) is 4.79 Å². The molecule has 17 heavy (non-hydrogen) atoms. The highest BCUT2D eigenvalue weighted by Gasteiger charge is 2.27. The Labute approximate surface area is 107 Å². The smallest absolute Gasteiger partial charge is 0.234 e. The number of carbonyl (C=O) groups is 1. The largest absolute Gasteiger partial charge is 0.353 e. The van der Waals surface area contributed by atoms with Gasteiger partial charge in [0.2, 0.25) is 5.91 Å². The number of rotatable bonds is 4. The molecule has 4 heteroatoms. The molecule has 1 aromatic rings. The van der Waals surface area contributed by atoms with Gasteiger partial charge in [0, 0.05) is 12.1 Å². The molecule has 1 aliphatic rings. The Hall–Kier alpha value is -0.870. The second kappa shape index (κ2) is 5.65. The Morgan fingerprint density at radius 2 is 2.47 bits per heavy atom. The molecule has 0 radical (unpaired) electrons. The summed E-state index contributed by atoms with van der Waals surface area (Å²) >= 11 is 1.73. The van der Waals surface area contributed by atoms with Crippen molar-refractivity contribution >= 4 is 17.2 Å². The highest BCUT2D eigenvalue weighted by atomic mass is 32.1. The zero-order valence-electron chi connectivity index (χ0n) is 10.5. The lowest BCUT2D eigenvalue weighted by molar-refractivity contribution is -0.122. The number of hydrogen-bond acceptors (Lipinski definition) is 3. The van der Waals surface area contributed by atoms with E-state index in [1.54, 1.807) is 11.3 Å². The van der Waals surface area contributed by atoms with Crippen LogP contribution in [0, 0.1) is 0 Å². The van der Waals surface area contributed by atoms with Gasteiger partial charge in [-0.25, -0.2) is 0 Å². The van der Waals surface area contributed by atoms with Crippen molar-refractivity contribution in [1.82, 2.24) is 10.2 Å². The van der Waals surface area contributed by atoms with Crippen LogP contribution in [0.15, 0.2) is 16.8 Å². The maximum Gasteiger partial charge on any atom is 0.234 e. The van der Waals surface area contributed by atoms with Gasteiger partial charge in [0.25, 0.3) is 0 Å². The zero-order chi connectivity index (χ0) is 12.3. The fraction of sp³-hybridized carbons (Fsp3) is 0.615. The van der Waals surface area contributed by atoms with E-state index < -0.39 is 0 Å². The number of carbonyl (C=O) groups excluding carboxylic acids is 1. The molecule has 2 rings (SSSR count). The zero-order valence-corrected chi connectivity index (χ0v) is 11.3. The summed E-state index contributed by atoms with van der Waals surface area (Å²) in [5.74, 6) is 0.141. The molecular formula is C13H20N2OS. The first-order chi connectivity index (χ1) is 8.16. The SMILES string of the molecule is CC(C)NC(=O)CN1CCCC1c1ccsc1. The summed E-state index contributed by atoms with van der Waals surface area (Å²) in [6, 6.07) is 2.84. The molecule has 0 aliphatic carbocycles. The summed E-state index contributed by atoms with van der Waals surface area (Å²) in [6.45, 7) is 5.56. The van der Waals surface area contributed by atoms with E-state index >= 15 is 0 Å². The summed E-state index contributed by atoms with van der Waals surface area (Å²) in [4.78, 5) is 14.1. The Bertz CT molecular complexity index is 362. The molecule has 1 atom stereocenters.